The highest BCUT2D eigenvalue weighted by atomic mass is 32.2. The van der Waals surface area contributed by atoms with E-state index in [1.807, 2.05) is 12.1 Å². The van der Waals surface area contributed by atoms with Crippen molar-refractivity contribution in [3.05, 3.63) is 30.1 Å². The molecule has 1 aromatic rings. The molecular formula is C9H14NO3S+. The van der Waals surface area contributed by atoms with E-state index in [2.05, 4.69) is 13.8 Å². The molecule has 1 rings (SSSR count). The van der Waals surface area contributed by atoms with Crippen molar-refractivity contribution in [2.75, 3.05) is 0 Å². The summed E-state index contributed by atoms with van der Waals surface area (Å²) < 4.78 is 31.1. The topological polar surface area (TPSA) is 58.2 Å². The van der Waals surface area contributed by atoms with Gasteiger partial charge in [-0.05, 0) is 11.5 Å². The second-order valence-corrected chi connectivity index (χ2v) is 4.93. The highest BCUT2D eigenvalue weighted by Crippen LogP contribution is 2.10. The van der Waals surface area contributed by atoms with Crippen molar-refractivity contribution in [3.8, 4) is 0 Å². The summed E-state index contributed by atoms with van der Waals surface area (Å²) in [5, 5.41) is 0. The molecule has 0 saturated heterocycles. The molecule has 0 bridgehead atoms. The number of hydrogen-bond acceptors (Lipinski definition) is 2. The lowest BCUT2D eigenvalue weighted by atomic mass is 10.1. The maximum absolute atomic E-state index is 10.6. The van der Waals surface area contributed by atoms with Crippen LogP contribution in [0.3, 0.4) is 0 Å². The van der Waals surface area contributed by atoms with Gasteiger partial charge < -0.3 is 0 Å². The van der Waals surface area contributed by atoms with Gasteiger partial charge in [-0.1, -0.05) is 13.8 Å². The Bertz CT molecular complexity index is 395. The quantitative estimate of drug-likeness (QED) is 0.604. The van der Waals surface area contributed by atoms with Crippen LogP contribution in [0.25, 0.3) is 0 Å². The zero-order chi connectivity index (χ0) is 10.8. The molecule has 1 aromatic heterocycles. The summed E-state index contributed by atoms with van der Waals surface area (Å²) in [6.07, 6.45) is 3.28. The van der Waals surface area contributed by atoms with Crippen LogP contribution in [0.15, 0.2) is 24.5 Å². The molecule has 0 aliphatic heterocycles. The molecule has 0 fully saturated rings. The van der Waals surface area contributed by atoms with E-state index in [4.69, 9.17) is 4.55 Å². The summed E-state index contributed by atoms with van der Waals surface area (Å²) in [5.74, 6) is 0.0149. The van der Waals surface area contributed by atoms with Crippen molar-refractivity contribution in [3.63, 3.8) is 0 Å². The van der Waals surface area contributed by atoms with Crippen LogP contribution in [0.2, 0.25) is 0 Å². The summed E-state index contributed by atoms with van der Waals surface area (Å²) in [7, 11) is -3.95. The third-order valence-electron chi connectivity index (χ3n) is 1.90. The Morgan fingerprint density at radius 1 is 1.36 bits per heavy atom. The van der Waals surface area contributed by atoms with Gasteiger partial charge in [0.1, 0.15) is 0 Å². The third-order valence-corrected chi connectivity index (χ3v) is 2.52. The molecule has 0 aliphatic rings. The summed E-state index contributed by atoms with van der Waals surface area (Å²) in [6, 6.07) is 3.69. The van der Waals surface area contributed by atoms with E-state index in [-0.39, 0.29) is 0 Å². The molecule has 0 saturated carbocycles. The van der Waals surface area contributed by atoms with Gasteiger partial charge >= 0.3 is 10.1 Å². The molecule has 0 aliphatic carbocycles. The van der Waals surface area contributed by atoms with Gasteiger partial charge in [0.15, 0.2) is 12.4 Å². The first-order valence-corrected chi connectivity index (χ1v) is 5.93. The molecular weight excluding hydrogens is 202 g/mol. The molecule has 0 spiro atoms. The second-order valence-electron chi connectivity index (χ2n) is 3.51. The Kier molecular flexibility index (Phi) is 3.23. The lowest BCUT2D eigenvalue weighted by molar-refractivity contribution is -0.678. The number of aromatic nitrogens is 1. The minimum Gasteiger partial charge on any atom is -0.281 e. The predicted molar refractivity (Wildman–Crippen MR) is 52.3 cm³/mol. The second kappa shape index (κ2) is 4.06. The van der Waals surface area contributed by atoms with Crippen molar-refractivity contribution in [1.82, 2.24) is 0 Å². The van der Waals surface area contributed by atoms with Gasteiger partial charge in [0, 0.05) is 12.1 Å². The zero-order valence-electron chi connectivity index (χ0n) is 8.21. The van der Waals surface area contributed by atoms with Crippen LogP contribution in [-0.2, 0) is 16.0 Å². The van der Waals surface area contributed by atoms with Crippen molar-refractivity contribution in [1.29, 1.82) is 0 Å². The SMILES string of the molecule is CC(C)c1cc[n+](CS(=O)(=O)O)cc1. The average Bonchev–Trinajstić information content (AvgIpc) is 2.02. The van der Waals surface area contributed by atoms with Crippen LogP contribution in [0.1, 0.15) is 25.3 Å². The van der Waals surface area contributed by atoms with Crippen molar-refractivity contribution >= 4 is 10.1 Å². The van der Waals surface area contributed by atoms with Crippen LogP contribution >= 0.6 is 0 Å². The smallest absolute Gasteiger partial charge is 0.281 e. The molecule has 0 atom stereocenters. The molecule has 0 aromatic carbocycles. The van der Waals surface area contributed by atoms with E-state index >= 15 is 0 Å². The maximum atomic E-state index is 10.6. The van der Waals surface area contributed by atoms with E-state index in [9.17, 15) is 8.42 Å². The monoisotopic (exact) mass is 216 g/mol. The molecule has 1 N–H and O–H groups in total. The minimum absolute atomic E-state index is 0.397. The van der Waals surface area contributed by atoms with Gasteiger partial charge in [0.2, 0.25) is 0 Å². The highest BCUT2D eigenvalue weighted by Gasteiger charge is 2.12. The van der Waals surface area contributed by atoms with E-state index in [1.54, 1.807) is 12.4 Å². The molecule has 78 valence electrons. The Labute approximate surface area is 83.9 Å². The standard InChI is InChI=1S/C9H13NO3S/c1-8(2)9-3-5-10(6-4-9)7-14(11,12)13/h3-6,8H,7H2,1-2H3/p+1. The minimum atomic E-state index is -3.95. The van der Waals surface area contributed by atoms with Crippen molar-refractivity contribution in [2.24, 2.45) is 0 Å². The van der Waals surface area contributed by atoms with Gasteiger partial charge in [-0.3, -0.25) is 4.55 Å². The zero-order valence-corrected chi connectivity index (χ0v) is 9.03. The van der Waals surface area contributed by atoms with Crippen LogP contribution in [0.5, 0.6) is 0 Å². The molecule has 0 unspecified atom stereocenters. The fourth-order valence-electron chi connectivity index (χ4n) is 1.13. The van der Waals surface area contributed by atoms with E-state index in [1.165, 1.54) is 4.57 Å². The van der Waals surface area contributed by atoms with E-state index in [0.29, 0.717) is 5.92 Å². The van der Waals surface area contributed by atoms with E-state index < -0.39 is 16.0 Å². The first-order valence-electron chi connectivity index (χ1n) is 4.32. The number of rotatable bonds is 3. The Hall–Kier alpha value is -0.940. The summed E-state index contributed by atoms with van der Waals surface area (Å²) in [5.41, 5.74) is 1.14. The first-order chi connectivity index (χ1) is 6.38. The molecule has 4 nitrogen and oxygen atoms in total. The Balaban J connectivity index is 2.84. The summed E-state index contributed by atoms with van der Waals surface area (Å²) in [4.78, 5) is 0. The van der Waals surface area contributed by atoms with Gasteiger partial charge in [0.05, 0.1) is 0 Å². The molecule has 14 heavy (non-hydrogen) atoms. The number of pyridine rings is 1. The van der Waals surface area contributed by atoms with Gasteiger partial charge in [-0.2, -0.15) is 13.0 Å². The van der Waals surface area contributed by atoms with Gasteiger partial charge in [-0.15, -0.1) is 0 Å². The fourth-order valence-corrected chi connectivity index (χ4v) is 1.68. The Morgan fingerprint density at radius 2 is 1.86 bits per heavy atom. The normalized spacial score (nSPS) is 12.0. The predicted octanol–water partition coefficient (Wildman–Crippen LogP) is 0.943. The van der Waals surface area contributed by atoms with Gasteiger partial charge in [-0.25, -0.2) is 0 Å². The van der Waals surface area contributed by atoms with E-state index in [0.717, 1.165) is 5.56 Å². The average molecular weight is 216 g/mol. The molecule has 5 heteroatoms. The largest absolute Gasteiger partial charge is 0.326 e. The maximum Gasteiger partial charge on any atom is 0.326 e. The highest BCUT2D eigenvalue weighted by molar-refractivity contribution is 7.84. The Morgan fingerprint density at radius 3 is 2.21 bits per heavy atom. The van der Waals surface area contributed by atoms with Crippen LogP contribution in [0.4, 0.5) is 0 Å². The lowest BCUT2D eigenvalue weighted by Gasteiger charge is -2.02. The number of nitrogens with zero attached hydrogens (tertiary/aromatic N) is 1. The molecule has 1 heterocycles. The molecule has 0 radical (unpaired) electrons. The molecule has 0 amide bonds. The number of hydrogen-bond donors (Lipinski definition) is 1. The third kappa shape index (κ3) is 3.43. The van der Waals surface area contributed by atoms with Crippen LogP contribution in [0, 0.1) is 0 Å². The van der Waals surface area contributed by atoms with Crippen molar-refractivity contribution < 1.29 is 17.5 Å². The fraction of sp³-hybridized carbons (Fsp3) is 0.444. The lowest BCUT2D eigenvalue weighted by Crippen LogP contribution is -2.36. The first kappa shape index (κ1) is 11.1. The summed E-state index contributed by atoms with van der Waals surface area (Å²) in [6.45, 7) is 4.12. The van der Waals surface area contributed by atoms with Crippen molar-refractivity contribution in [2.45, 2.75) is 25.6 Å². The van der Waals surface area contributed by atoms with Crippen LogP contribution < -0.4 is 4.57 Å². The van der Waals surface area contributed by atoms with Gasteiger partial charge in [0.25, 0.3) is 5.88 Å². The van der Waals surface area contributed by atoms with Crippen LogP contribution in [-0.4, -0.2) is 13.0 Å². The summed E-state index contributed by atoms with van der Waals surface area (Å²) >= 11 is 0.